The Morgan fingerprint density at radius 3 is 2.82 bits per heavy atom. The molecule has 0 amide bonds. The normalized spacial score (nSPS) is 10.8. The van der Waals surface area contributed by atoms with Crippen LogP contribution in [0, 0.1) is 11.3 Å². The Morgan fingerprint density at radius 1 is 1.35 bits per heavy atom. The number of hydrogen-bond acceptors (Lipinski definition) is 5. The van der Waals surface area contributed by atoms with Gasteiger partial charge in [0.2, 0.25) is 0 Å². The monoisotopic (exact) mass is 249 g/mol. The Balaban J connectivity index is 2.35. The number of hydrogen-bond donors (Lipinski definition) is 1. The lowest BCUT2D eigenvalue weighted by Crippen LogP contribution is -2.13. The van der Waals surface area contributed by atoms with E-state index in [4.69, 9.17) is 5.26 Å². The van der Waals surface area contributed by atoms with Gasteiger partial charge in [-0.3, -0.25) is 4.72 Å². The Labute approximate surface area is 97.5 Å². The molecule has 2 rings (SSSR count). The molecule has 1 aromatic carbocycles. The first-order chi connectivity index (χ1) is 8.12. The van der Waals surface area contributed by atoms with E-state index in [2.05, 4.69) is 14.4 Å². The summed E-state index contributed by atoms with van der Waals surface area (Å²) in [5.74, 6) is 0.0901. The molecule has 0 radical (unpaired) electrons. The number of aromatic nitrogens is 1. The van der Waals surface area contributed by atoms with Crippen LogP contribution in [0.2, 0.25) is 0 Å². The van der Waals surface area contributed by atoms with Gasteiger partial charge in [0.05, 0.1) is 16.5 Å². The molecule has 0 saturated carbocycles. The third-order valence-corrected chi connectivity index (χ3v) is 3.30. The van der Waals surface area contributed by atoms with Crippen LogP contribution in [0.15, 0.2) is 46.0 Å². The number of benzene rings is 1. The number of anilines is 1. The molecule has 6 nitrogen and oxygen atoms in total. The van der Waals surface area contributed by atoms with Crippen molar-refractivity contribution >= 4 is 15.8 Å². The first kappa shape index (κ1) is 11.2. The maximum Gasteiger partial charge on any atom is 0.263 e. The lowest BCUT2D eigenvalue weighted by Gasteiger charge is -2.04. The lowest BCUT2D eigenvalue weighted by molar-refractivity contribution is 0.423. The van der Waals surface area contributed by atoms with Crippen molar-refractivity contribution < 1.29 is 12.9 Å². The molecular weight excluding hydrogens is 242 g/mol. The summed E-state index contributed by atoms with van der Waals surface area (Å²) in [6.45, 7) is 0. The summed E-state index contributed by atoms with van der Waals surface area (Å²) in [5, 5.41) is 12.1. The summed E-state index contributed by atoms with van der Waals surface area (Å²) in [7, 11) is -3.74. The molecule has 1 aromatic heterocycles. The van der Waals surface area contributed by atoms with Gasteiger partial charge in [0, 0.05) is 6.07 Å². The second kappa shape index (κ2) is 4.27. The predicted octanol–water partition coefficient (Wildman–Crippen LogP) is 1.35. The molecule has 0 unspecified atom stereocenters. The summed E-state index contributed by atoms with van der Waals surface area (Å²) in [6.07, 6.45) is 1.25. The molecule has 2 aromatic rings. The Bertz CT molecular complexity index is 656. The van der Waals surface area contributed by atoms with Crippen molar-refractivity contribution in [3.05, 3.63) is 42.2 Å². The standard InChI is InChI=1S/C10H7N3O3S/c11-7-8-2-1-3-9(6-8)17(14,15)13-10-4-5-16-12-10/h1-6H,(H,12,13). The highest BCUT2D eigenvalue weighted by molar-refractivity contribution is 7.92. The van der Waals surface area contributed by atoms with E-state index in [1.165, 1.54) is 36.6 Å². The SMILES string of the molecule is N#Cc1cccc(S(=O)(=O)Nc2ccon2)c1. The van der Waals surface area contributed by atoms with Crippen LogP contribution >= 0.6 is 0 Å². The van der Waals surface area contributed by atoms with Gasteiger partial charge in [0.15, 0.2) is 5.82 Å². The first-order valence-corrected chi connectivity index (χ1v) is 6.03. The van der Waals surface area contributed by atoms with E-state index in [1.807, 2.05) is 6.07 Å². The summed E-state index contributed by atoms with van der Waals surface area (Å²) in [5.41, 5.74) is 0.271. The molecule has 0 fully saturated rings. The van der Waals surface area contributed by atoms with Crippen molar-refractivity contribution in [1.29, 1.82) is 5.26 Å². The highest BCUT2D eigenvalue weighted by Gasteiger charge is 2.15. The highest BCUT2D eigenvalue weighted by atomic mass is 32.2. The van der Waals surface area contributed by atoms with Gasteiger partial charge >= 0.3 is 0 Å². The largest absolute Gasteiger partial charge is 0.363 e. The van der Waals surface area contributed by atoms with Gasteiger partial charge in [-0.2, -0.15) is 5.26 Å². The Kier molecular flexibility index (Phi) is 2.80. The van der Waals surface area contributed by atoms with Crippen LogP contribution < -0.4 is 4.72 Å². The molecule has 0 aliphatic heterocycles. The topological polar surface area (TPSA) is 96.0 Å². The Hall–Kier alpha value is -2.33. The minimum Gasteiger partial charge on any atom is -0.363 e. The van der Waals surface area contributed by atoms with Crippen LogP contribution in [-0.4, -0.2) is 13.6 Å². The molecule has 0 spiro atoms. The smallest absolute Gasteiger partial charge is 0.263 e. The van der Waals surface area contributed by atoms with Gasteiger partial charge in [-0.15, -0.1) is 0 Å². The zero-order valence-corrected chi connectivity index (χ0v) is 9.31. The molecule has 0 aliphatic carbocycles. The van der Waals surface area contributed by atoms with Gasteiger partial charge < -0.3 is 4.52 Å². The van der Waals surface area contributed by atoms with E-state index in [9.17, 15) is 8.42 Å². The van der Waals surface area contributed by atoms with E-state index in [1.54, 1.807) is 0 Å². The maximum atomic E-state index is 11.9. The molecular formula is C10H7N3O3S. The molecule has 17 heavy (non-hydrogen) atoms. The van der Waals surface area contributed by atoms with Crippen LogP contribution in [0.1, 0.15) is 5.56 Å². The summed E-state index contributed by atoms with van der Waals surface area (Å²) in [6, 6.07) is 8.94. The Morgan fingerprint density at radius 2 is 2.18 bits per heavy atom. The fraction of sp³-hybridized carbons (Fsp3) is 0. The van der Waals surface area contributed by atoms with Crippen molar-refractivity contribution in [2.75, 3.05) is 4.72 Å². The van der Waals surface area contributed by atoms with E-state index >= 15 is 0 Å². The minimum absolute atomic E-state index is 0.000417. The average Bonchev–Trinajstić information content (AvgIpc) is 2.81. The zero-order valence-electron chi connectivity index (χ0n) is 8.49. The van der Waals surface area contributed by atoms with Gasteiger partial charge in [-0.05, 0) is 18.2 Å². The quantitative estimate of drug-likeness (QED) is 0.885. The van der Waals surface area contributed by atoms with Crippen LogP contribution in [0.25, 0.3) is 0 Å². The summed E-state index contributed by atoms with van der Waals surface area (Å²) >= 11 is 0. The van der Waals surface area contributed by atoms with Crippen LogP contribution in [0.5, 0.6) is 0 Å². The van der Waals surface area contributed by atoms with E-state index in [0.29, 0.717) is 0 Å². The van der Waals surface area contributed by atoms with Gasteiger partial charge in [-0.25, -0.2) is 8.42 Å². The van der Waals surface area contributed by atoms with E-state index in [0.717, 1.165) is 0 Å². The molecule has 1 N–H and O–H groups in total. The molecule has 0 aliphatic rings. The number of sulfonamides is 1. The fourth-order valence-corrected chi connectivity index (χ4v) is 2.23. The van der Waals surface area contributed by atoms with Crippen molar-refractivity contribution in [1.82, 2.24) is 5.16 Å². The molecule has 0 atom stereocenters. The van der Waals surface area contributed by atoms with Crippen LogP contribution in [0.4, 0.5) is 5.82 Å². The van der Waals surface area contributed by atoms with Crippen LogP contribution in [-0.2, 0) is 10.0 Å². The molecule has 86 valence electrons. The van der Waals surface area contributed by atoms with Crippen molar-refractivity contribution in [2.45, 2.75) is 4.90 Å². The van der Waals surface area contributed by atoms with E-state index < -0.39 is 10.0 Å². The maximum absolute atomic E-state index is 11.9. The predicted molar refractivity (Wildman–Crippen MR) is 58.5 cm³/mol. The molecule has 7 heteroatoms. The number of rotatable bonds is 3. The van der Waals surface area contributed by atoms with Gasteiger partial charge in [0.1, 0.15) is 6.26 Å². The number of nitrogens with zero attached hydrogens (tertiary/aromatic N) is 2. The summed E-state index contributed by atoms with van der Waals surface area (Å²) < 4.78 is 30.5. The average molecular weight is 249 g/mol. The van der Waals surface area contributed by atoms with Gasteiger partial charge in [0.25, 0.3) is 10.0 Å². The lowest BCUT2D eigenvalue weighted by atomic mass is 10.2. The first-order valence-electron chi connectivity index (χ1n) is 4.55. The third-order valence-electron chi connectivity index (χ3n) is 1.95. The number of nitrogens with one attached hydrogen (secondary N) is 1. The zero-order chi connectivity index (χ0) is 12.3. The fourth-order valence-electron chi connectivity index (χ4n) is 1.19. The highest BCUT2D eigenvalue weighted by Crippen LogP contribution is 2.15. The second-order valence-corrected chi connectivity index (χ2v) is 4.81. The van der Waals surface area contributed by atoms with Crippen LogP contribution in [0.3, 0.4) is 0 Å². The van der Waals surface area contributed by atoms with Gasteiger partial charge in [-0.1, -0.05) is 11.2 Å². The molecule has 0 saturated heterocycles. The second-order valence-electron chi connectivity index (χ2n) is 3.13. The van der Waals surface area contributed by atoms with Crippen molar-refractivity contribution in [2.24, 2.45) is 0 Å². The van der Waals surface area contributed by atoms with Crippen molar-refractivity contribution in [3.63, 3.8) is 0 Å². The minimum atomic E-state index is -3.74. The van der Waals surface area contributed by atoms with Crippen molar-refractivity contribution in [3.8, 4) is 6.07 Å². The number of nitriles is 1. The molecule has 0 bridgehead atoms. The third kappa shape index (κ3) is 2.43. The summed E-state index contributed by atoms with van der Waals surface area (Å²) in [4.78, 5) is -0.000417. The molecule has 1 heterocycles. The van der Waals surface area contributed by atoms with E-state index in [-0.39, 0.29) is 16.3 Å².